The first-order valence-electron chi connectivity index (χ1n) is 9.64. The molecule has 2 aromatic carbocycles. The fourth-order valence-corrected chi connectivity index (χ4v) is 2.72. The maximum Gasteiger partial charge on any atom is 0.265 e. The van der Waals surface area contributed by atoms with Crippen molar-refractivity contribution in [3.05, 3.63) is 70.6 Å². The standard InChI is InChI=1S/C22H23Cl2FN2O5/c1-14(8-10-26-21(29)13-31-17-6-7-18(24)19(25)12-17)27-22(30)20(9-11-28)32-16-4-2-15(23)3-5-16/h2-7,12,20,28H,1,8-11,13H2,(H,26,29)(H,27,30). The number of hydrogen-bond acceptors (Lipinski definition) is 5. The van der Waals surface area contributed by atoms with Gasteiger partial charge in [0.05, 0.1) is 5.02 Å². The van der Waals surface area contributed by atoms with Crippen LogP contribution in [0, 0.1) is 5.82 Å². The van der Waals surface area contributed by atoms with E-state index in [-0.39, 0.29) is 43.4 Å². The Kier molecular flexibility index (Phi) is 10.3. The van der Waals surface area contributed by atoms with Crippen LogP contribution in [-0.4, -0.2) is 42.8 Å². The molecule has 10 heteroatoms. The molecular formula is C22H23Cl2FN2O5. The van der Waals surface area contributed by atoms with Crippen LogP contribution >= 0.6 is 23.2 Å². The van der Waals surface area contributed by atoms with Gasteiger partial charge >= 0.3 is 0 Å². The molecule has 3 N–H and O–H groups in total. The van der Waals surface area contributed by atoms with E-state index >= 15 is 0 Å². The number of carbonyl (C=O) groups is 2. The maximum absolute atomic E-state index is 13.4. The van der Waals surface area contributed by atoms with Gasteiger partial charge < -0.3 is 25.2 Å². The van der Waals surface area contributed by atoms with Gasteiger partial charge in [0.1, 0.15) is 17.3 Å². The van der Waals surface area contributed by atoms with Gasteiger partial charge in [-0.15, -0.1) is 0 Å². The van der Waals surface area contributed by atoms with E-state index in [2.05, 4.69) is 17.2 Å². The number of aliphatic hydroxyl groups excluding tert-OH is 1. The lowest BCUT2D eigenvalue weighted by Gasteiger charge is -2.19. The predicted octanol–water partition coefficient (Wildman–Crippen LogP) is 3.48. The zero-order valence-electron chi connectivity index (χ0n) is 17.1. The molecule has 2 rings (SSSR count). The van der Waals surface area contributed by atoms with Gasteiger partial charge in [-0.05, 0) is 36.4 Å². The van der Waals surface area contributed by atoms with Gasteiger partial charge in [0.25, 0.3) is 11.8 Å². The first-order valence-corrected chi connectivity index (χ1v) is 10.4. The van der Waals surface area contributed by atoms with E-state index in [1.165, 1.54) is 12.1 Å². The molecule has 0 fully saturated rings. The highest BCUT2D eigenvalue weighted by Crippen LogP contribution is 2.20. The highest BCUT2D eigenvalue weighted by Gasteiger charge is 2.20. The predicted molar refractivity (Wildman–Crippen MR) is 119 cm³/mol. The van der Waals surface area contributed by atoms with Gasteiger partial charge in [-0.3, -0.25) is 9.59 Å². The summed E-state index contributed by atoms with van der Waals surface area (Å²) >= 11 is 11.4. The molecule has 0 spiro atoms. The Hall–Kier alpha value is -2.81. The highest BCUT2D eigenvalue weighted by molar-refractivity contribution is 6.30. The molecular weight excluding hydrogens is 462 g/mol. The Morgan fingerprint density at radius 1 is 1.12 bits per heavy atom. The van der Waals surface area contributed by atoms with Crippen LogP contribution in [0.15, 0.2) is 54.7 Å². The molecule has 0 saturated carbocycles. The quantitative estimate of drug-likeness (QED) is 0.428. The van der Waals surface area contributed by atoms with Crippen molar-refractivity contribution in [2.24, 2.45) is 0 Å². The number of carbonyl (C=O) groups excluding carboxylic acids is 2. The summed E-state index contributed by atoms with van der Waals surface area (Å²) in [6.45, 7) is 3.40. The second-order valence-electron chi connectivity index (χ2n) is 6.63. The second-order valence-corrected chi connectivity index (χ2v) is 7.47. The molecule has 172 valence electrons. The summed E-state index contributed by atoms with van der Waals surface area (Å²) in [7, 11) is 0. The number of hydrogen-bond donors (Lipinski definition) is 3. The number of amides is 2. The van der Waals surface area contributed by atoms with Gasteiger partial charge in [0, 0.05) is 42.8 Å². The molecule has 0 heterocycles. The van der Waals surface area contributed by atoms with E-state index in [1.807, 2.05) is 0 Å². The van der Waals surface area contributed by atoms with Crippen LogP contribution in [0.25, 0.3) is 0 Å². The number of rotatable bonds is 12. The SMILES string of the molecule is C=C(CCNC(=O)COc1ccc(Cl)c(F)c1)NC(=O)C(CCO)Oc1ccc(Cl)cc1. The Morgan fingerprint density at radius 2 is 1.81 bits per heavy atom. The molecule has 0 aliphatic rings. The topological polar surface area (TPSA) is 96.9 Å². The smallest absolute Gasteiger partial charge is 0.265 e. The van der Waals surface area contributed by atoms with Crippen LogP contribution in [-0.2, 0) is 9.59 Å². The van der Waals surface area contributed by atoms with Crippen molar-refractivity contribution >= 4 is 35.0 Å². The van der Waals surface area contributed by atoms with Crippen LogP contribution in [0.1, 0.15) is 12.8 Å². The summed E-state index contributed by atoms with van der Waals surface area (Å²) in [6.07, 6.45) is -0.582. The van der Waals surface area contributed by atoms with Gasteiger partial charge in [0.2, 0.25) is 0 Å². The summed E-state index contributed by atoms with van der Waals surface area (Å²) in [6, 6.07) is 10.3. The molecule has 32 heavy (non-hydrogen) atoms. The average molecular weight is 485 g/mol. The van der Waals surface area contributed by atoms with Crippen molar-refractivity contribution in [1.29, 1.82) is 0 Å². The fraction of sp³-hybridized carbons (Fsp3) is 0.273. The lowest BCUT2D eigenvalue weighted by atomic mass is 10.2. The third kappa shape index (κ3) is 8.74. The van der Waals surface area contributed by atoms with Crippen LogP contribution < -0.4 is 20.1 Å². The molecule has 0 bridgehead atoms. The summed E-state index contributed by atoms with van der Waals surface area (Å²) in [4.78, 5) is 24.3. The number of ether oxygens (including phenoxy) is 2. The van der Waals surface area contributed by atoms with E-state index in [0.29, 0.717) is 16.5 Å². The molecule has 1 unspecified atom stereocenters. The monoisotopic (exact) mass is 484 g/mol. The molecule has 0 saturated heterocycles. The zero-order chi connectivity index (χ0) is 23.5. The van der Waals surface area contributed by atoms with E-state index in [9.17, 15) is 19.1 Å². The van der Waals surface area contributed by atoms with Crippen LogP contribution in [0.4, 0.5) is 4.39 Å². The minimum Gasteiger partial charge on any atom is -0.484 e. The van der Waals surface area contributed by atoms with Crippen molar-refractivity contribution in [2.45, 2.75) is 18.9 Å². The number of halogens is 3. The van der Waals surface area contributed by atoms with Crippen molar-refractivity contribution in [3.63, 3.8) is 0 Å². The first kappa shape index (κ1) is 25.5. The highest BCUT2D eigenvalue weighted by atomic mass is 35.5. The number of nitrogens with one attached hydrogen (secondary N) is 2. The van der Waals surface area contributed by atoms with E-state index in [1.54, 1.807) is 24.3 Å². The molecule has 0 aliphatic heterocycles. The Labute approximate surface area is 195 Å². The lowest BCUT2D eigenvalue weighted by molar-refractivity contribution is -0.128. The third-order valence-electron chi connectivity index (χ3n) is 4.09. The molecule has 0 radical (unpaired) electrons. The normalized spacial score (nSPS) is 11.4. The van der Waals surface area contributed by atoms with Crippen molar-refractivity contribution in [1.82, 2.24) is 10.6 Å². The zero-order valence-corrected chi connectivity index (χ0v) is 18.6. The summed E-state index contributed by atoms with van der Waals surface area (Å²) in [5.74, 6) is -0.936. The van der Waals surface area contributed by atoms with E-state index in [0.717, 1.165) is 6.07 Å². The Bertz CT molecular complexity index is 940. The minimum absolute atomic E-state index is 0.0397. The maximum atomic E-state index is 13.4. The second kappa shape index (κ2) is 12.9. The van der Waals surface area contributed by atoms with Gasteiger partial charge in [0.15, 0.2) is 12.7 Å². The molecule has 7 nitrogen and oxygen atoms in total. The van der Waals surface area contributed by atoms with Gasteiger partial charge in [-0.25, -0.2) is 4.39 Å². The summed E-state index contributed by atoms with van der Waals surface area (Å²) in [5, 5.41) is 14.9. The molecule has 1 atom stereocenters. The van der Waals surface area contributed by atoms with Gasteiger partial charge in [-0.1, -0.05) is 29.8 Å². The minimum atomic E-state index is -0.930. The van der Waals surface area contributed by atoms with Gasteiger partial charge in [-0.2, -0.15) is 0 Å². The van der Waals surface area contributed by atoms with E-state index in [4.69, 9.17) is 32.7 Å². The van der Waals surface area contributed by atoms with Crippen LogP contribution in [0.3, 0.4) is 0 Å². The number of benzene rings is 2. The van der Waals surface area contributed by atoms with Crippen molar-refractivity contribution in [2.75, 3.05) is 19.8 Å². The molecule has 2 amide bonds. The van der Waals surface area contributed by atoms with E-state index < -0.39 is 23.7 Å². The fourth-order valence-electron chi connectivity index (χ4n) is 2.47. The Morgan fingerprint density at radius 3 is 2.47 bits per heavy atom. The lowest BCUT2D eigenvalue weighted by Crippen LogP contribution is -2.39. The largest absolute Gasteiger partial charge is 0.484 e. The van der Waals surface area contributed by atoms with Crippen molar-refractivity contribution in [3.8, 4) is 11.5 Å². The third-order valence-corrected chi connectivity index (χ3v) is 4.64. The molecule has 2 aromatic rings. The number of aliphatic hydroxyl groups is 1. The van der Waals surface area contributed by atoms with Crippen molar-refractivity contribution < 1.29 is 28.6 Å². The van der Waals surface area contributed by atoms with Crippen LogP contribution in [0.5, 0.6) is 11.5 Å². The average Bonchev–Trinajstić information content (AvgIpc) is 2.75. The molecule has 0 aliphatic carbocycles. The first-order chi connectivity index (χ1) is 15.3. The summed E-state index contributed by atoms with van der Waals surface area (Å²) < 4.78 is 24.2. The summed E-state index contributed by atoms with van der Waals surface area (Å²) in [5.41, 5.74) is 0.360. The van der Waals surface area contributed by atoms with Crippen LogP contribution in [0.2, 0.25) is 10.0 Å². The molecule has 0 aromatic heterocycles. The Balaban J connectivity index is 1.72.